The number of carboxylic acid groups (broad SMARTS) is 1. The predicted molar refractivity (Wildman–Crippen MR) is 74.9 cm³/mol. The third kappa shape index (κ3) is 2.88. The number of aromatic nitrogens is 1. The number of aryl methyl sites for hydroxylation is 1. The lowest BCUT2D eigenvalue weighted by Crippen LogP contribution is -2.29. The Balaban J connectivity index is 2.35. The van der Waals surface area contributed by atoms with Crippen molar-refractivity contribution in [1.82, 2.24) is 4.98 Å². The summed E-state index contributed by atoms with van der Waals surface area (Å²) in [6.45, 7) is 4.13. The molecule has 2 rings (SSSR count). The molecular formula is C15H22N2O2. The summed E-state index contributed by atoms with van der Waals surface area (Å²) in [7, 11) is 0. The van der Waals surface area contributed by atoms with Gasteiger partial charge in [0, 0.05) is 12.1 Å². The Morgan fingerprint density at radius 2 is 2.26 bits per heavy atom. The van der Waals surface area contributed by atoms with E-state index >= 15 is 0 Å². The van der Waals surface area contributed by atoms with Crippen LogP contribution in [0.15, 0.2) is 12.3 Å². The molecule has 1 aliphatic carbocycles. The van der Waals surface area contributed by atoms with Gasteiger partial charge in [0.1, 0.15) is 5.82 Å². The highest BCUT2D eigenvalue weighted by atomic mass is 16.4. The number of carbonyl (C=O) groups is 1. The van der Waals surface area contributed by atoms with Crippen LogP contribution in [-0.2, 0) is 4.79 Å². The Morgan fingerprint density at radius 3 is 2.89 bits per heavy atom. The largest absolute Gasteiger partial charge is 0.481 e. The maximum atomic E-state index is 11.5. The van der Waals surface area contributed by atoms with Gasteiger partial charge in [0.25, 0.3) is 0 Å². The second-order valence-electron chi connectivity index (χ2n) is 5.63. The predicted octanol–water partition coefficient (Wildman–Crippen LogP) is 2.97. The van der Waals surface area contributed by atoms with E-state index in [4.69, 9.17) is 5.73 Å². The smallest absolute Gasteiger partial charge is 0.307 e. The fourth-order valence-electron chi connectivity index (χ4n) is 3.17. The molecule has 0 bridgehead atoms. The van der Waals surface area contributed by atoms with Crippen molar-refractivity contribution in [2.45, 2.75) is 45.4 Å². The first-order valence-electron chi connectivity index (χ1n) is 6.97. The van der Waals surface area contributed by atoms with Crippen molar-refractivity contribution in [2.24, 2.45) is 11.8 Å². The molecule has 1 aromatic rings. The summed E-state index contributed by atoms with van der Waals surface area (Å²) < 4.78 is 0. The van der Waals surface area contributed by atoms with Crippen molar-refractivity contribution in [2.75, 3.05) is 5.73 Å². The maximum Gasteiger partial charge on any atom is 0.307 e. The highest BCUT2D eigenvalue weighted by molar-refractivity contribution is 5.72. The molecule has 0 spiro atoms. The lowest BCUT2D eigenvalue weighted by Gasteiger charge is -2.34. The molecule has 19 heavy (non-hydrogen) atoms. The van der Waals surface area contributed by atoms with Gasteiger partial charge in [0.15, 0.2) is 0 Å². The molecule has 0 saturated heterocycles. The highest BCUT2D eigenvalue weighted by Crippen LogP contribution is 2.43. The first-order chi connectivity index (χ1) is 9.02. The topological polar surface area (TPSA) is 76.2 Å². The van der Waals surface area contributed by atoms with Crippen LogP contribution >= 0.6 is 0 Å². The zero-order chi connectivity index (χ0) is 14.0. The molecule has 3 N–H and O–H groups in total. The number of nitrogens with zero attached hydrogens (tertiary/aromatic N) is 1. The summed E-state index contributed by atoms with van der Waals surface area (Å²) in [6, 6.07) is 2.00. The van der Waals surface area contributed by atoms with E-state index in [1.54, 1.807) is 6.20 Å². The van der Waals surface area contributed by atoms with Gasteiger partial charge < -0.3 is 10.8 Å². The van der Waals surface area contributed by atoms with Crippen molar-refractivity contribution in [3.05, 3.63) is 23.4 Å². The van der Waals surface area contributed by atoms with Crippen LogP contribution < -0.4 is 5.73 Å². The molecule has 0 amide bonds. The Labute approximate surface area is 114 Å². The van der Waals surface area contributed by atoms with Gasteiger partial charge in [0.2, 0.25) is 0 Å². The number of carboxylic acids is 1. The Bertz CT molecular complexity index is 473. The molecule has 1 aromatic heterocycles. The molecule has 0 radical (unpaired) electrons. The first-order valence-corrected chi connectivity index (χ1v) is 6.97. The van der Waals surface area contributed by atoms with Crippen molar-refractivity contribution in [1.29, 1.82) is 0 Å². The zero-order valence-electron chi connectivity index (χ0n) is 11.6. The quantitative estimate of drug-likeness (QED) is 0.878. The number of hydrogen-bond acceptors (Lipinski definition) is 3. The molecule has 3 atom stereocenters. The van der Waals surface area contributed by atoms with E-state index in [2.05, 4.69) is 11.9 Å². The van der Waals surface area contributed by atoms with Crippen LogP contribution in [0.4, 0.5) is 5.82 Å². The standard InChI is InChI=1S/C15H22N2O2/c1-3-10-4-5-11(15(18)19)12(7-10)13-6-9(2)8-17-14(13)16/h6,8,10-12H,3-5,7H2,1-2H3,(H2,16,17)(H,18,19). The average Bonchev–Trinajstić information content (AvgIpc) is 2.40. The average molecular weight is 262 g/mol. The van der Waals surface area contributed by atoms with E-state index in [1.165, 1.54) is 0 Å². The summed E-state index contributed by atoms with van der Waals surface area (Å²) in [5.74, 6) is 0.0527. The lowest BCUT2D eigenvalue weighted by molar-refractivity contribution is -0.143. The van der Waals surface area contributed by atoms with Crippen molar-refractivity contribution < 1.29 is 9.90 Å². The van der Waals surface area contributed by atoms with E-state index in [0.29, 0.717) is 11.7 Å². The monoisotopic (exact) mass is 262 g/mol. The third-order valence-corrected chi connectivity index (χ3v) is 4.34. The highest BCUT2D eigenvalue weighted by Gasteiger charge is 2.36. The molecule has 104 valence electrons. The fraction of sp³-hybridized carbons (Fsp3) is 0.600. The molecule has 0 aromatic carbocycles. The fourth-order valence-corrected chi connectivity index (χ4v) is 3.17. The van der Waals surface area contributed by atoms with Crippen LogP contribution in [0.25, 0.3) is 0 Å². The maximum absolute atomic E-state index is 11.5. The lowest BCUT2D eigenvalue weighted by atomic mass is 9.70. The van der Waals surface area contributed by atoms with E-state index in [9.17, 15) is 9.90 Å². The third-order valence-electron chi connectivity index (χ3n) is 4.34. The van der Waals surface area contributed by atoms with Crippen molar-refractivity contribution >= 4 is 11.8 Å². The number of nitrogens with two attached hydrogens (primary N) is 1. The normalized spacial score (nSPS) is 27.2. The van der Waals surface area contributed by atoms with Crippen LogP contribution in [0.3, 0.4) is 0 Å². The Kier molecular flexibility index (Phi) is 4.08. The van der Waals surface area contributed by atoms with Gasteiger partial charge in [-0.2, -0.15) is 0 Å². The minimum Gasteiger partial charge on any atom is -0.481 e. The van der Waals surface area contributed by atoms with Crippen molar-refractivity contribution in [3.8, 4) is 0 Å². The molecule has 1 heterocycles. The second-order valence-corrected chi connectivity index (χ2v) is 5.63. The summed E-state index contributed by atoms with van der Waals surface area (Å²) in [5, 5.41) is 9.43. The summed E-state index contributed by atoms with van der Waals surface area (Å²) in [5.41, 5.74) is 7.92. The summed E-state index contributed by atoms with van der Waals surface area (Å²) in [6.07, 6.45) is 5.48. The first kappa shape index (κ1) is 13.8. The Morgan fingerprint density at radius 1 is 1.53 bits per heavy atom. The minimum absolute atomic E-state index is 0.00333. The van der Waals surface area contributed by atoms with Gasteiger partial charge in [-0.15, -0.1) is 0 Å². The van der Waals surface area contributed by atoms with Crippen molar-refractivity contribution in [3.63, 3.8) is 0 Å². The van der Waals surface area contributed by atoms with Gasteiger partial charge in [-0.1, -0.05) is 19.4 Å². The van der Waals surface area contributed by atoms with Gasteiger partial charge >= 0.3 is 5.97 Å². The number of rotatable bonds is 3. The van der Waals surface area contributed by atoms with E-state index in [0.717, 1.165) is 36.8 Å². The number of anilines is 1. The van der Waals surface area contributed by atoms with Crippen LogP contribution in [-0.4, -0.2) is 16.1 Å². The number of pyridine rings is 1. The van der Waals surface area contributed by atoms with Crippen LogP contribution in [0, 0.1) is 18.8 Å². The Hall–Kier alpha value is -1.58. The number of hydrogen-bond donors (Lipinski definition) is 2. The van der Waals surface area contributed by atoms with E-state index in [-0.39, 0.29) is 11.8 Å². The molecule has 1 fully saturated rings. The molecule has 4 nitrogen and oxygen atoms in total. The van der Waals surface area contributed by atoms with E-state index < -0.39 is 5.97 Å². The molecule has 1 aliphatic rings. The van der Waals surface area contributed by atoms with Gasteiger partial charge in [-0.25, -0.2) is 4.98 Å². The number of nitrogen functional groups attached to an aromatic ring is 1. The summed E-state index contributed by atoms with van der Waals surface area (Å²) >= 11 is 0. The zero-order valence-corrected chi connectivity index (χ0v) is 11.6. The van der Waals surface area contributed by atoms with Crippen LogP contribution in [0.2, 0.25) is 0 Å². The summed E-state index contributed by atoms with van der Waals surface area (Å²) in [4.78, 5) is 15.7. The second kappa shape index (κ2) is 5.59. The number of aliphatic carboxylic acids is 1. The van der Waals surface area contributed by atoms with Gasteiger partial charge in [0.05, 0.1) is 5.92 Å². The molecule has 0 aliphatic heterocycles. The molecular weight excluding hydrogens is 240 g/mol. The van der Waals surface area contributed by atoms with Gasteiger partial charge in [-0.3, -0.25) is 4.79 Å². The van der Waals surface area contributed by atoms with Crippen LogP contribution in [0.1, 0.15) is 49.7 Å². The van der Waals surface area contributed by atoms with Gasteiger partial charge in [-0.05, 0) is 43.2 Å². The minimum atomic E-state index is -0.708. The SMILES string of the molecule is CCC1CCC(C(=O)O)C(c2cc(C)cnc2N)C1. The van der Waals surface area contributed by atoms with E-state index in [1.807, 2.05) is 13.0 Å². The molecule has 3 unspecified atom stereocenters. The van der Waals surface area contributed by atoms with Crippen LogP contribution in [0.5, 0.6) is 0 Å². The molecule has 4 heteroatoms. The molecule has 1 saturated carbocycles.